The van der Waals surface area contributed by atoms with Crippen molar-refractivity contribution >= 4 is 78.3 Å². The lowest BCUT2D eigenvalue weighted by Gasteiger charge is -2.46. The first-order valence-corrected chi connectivity index (χ1v) is 55.6. The highest BCUT2D eigenvalue weighted by molar-refractivity contribution is 6.50. The molecule has 14 unspecified atom stereocenters. The van der Waals surface area contributed by atoms with Gasteiger partial charge in [-0.15, -0.1) is 0 Å². The van der Waals surface area contributed by atoms with Gasteiger partial charge in [0, 0.05) is 0 Å². The van der Waals surface area contributed by atoms with Gasteiger partial charge in [-0.1, -0.05) is 384 Å². The quantitative estimate of drug-likeness (QED) is 0.0715. The third-order valence-electron chi connectivity index (χ3n) is 28.4. The summed E-state index contributed by atoms with van der Waals surface area (Å²) in [6.07, 6.45) is 11.9. The van der Waals surface area contributed by atoms with E-state index >= 15 is 0 Å². The second-order valence-corrected chi connectivity index (χ2v) is 45.2. The number of ether oxygens (including phenoxy) is 2. The van der Waals surface area contributed by atoms with Crippen LogP contribution in [0.4, 0.5) is 0 Å². The van der Waals surface area contributed by atoms with E-state index in [0.29, 0.717) is 96.1 Å². The summed E-state index contributed by atoms with van der Waals surface area (Å²) >= 11 is 0. The van der Waals surface area contributed by atoms with Crippen LogP contribution in [0, 0.1) is 0 Å². The summed E-state index contributed by atoms with van der Waals surface area (Å²) in [6, 6.07) is 73.0. The summed E-state index contributed by atoms with van der Waals surface area (Å²) in [5.41, 5.74) is 5.64. The normalized spacial score (nSPS) is 26.3. The maximum atomic E-state index is 8.19. The van der Waals surface area contributed by atoms with Crippen LogP contribution in [0.3, 0.4) is 0 Å². The van der Waals surface area contributed by atoms with Gasteiger partial charge in [0.05, 0.1) is 106 Å². The summed E-state index contributed by atoms with van der Waals surface area (Å²) in [4.78, 5) is 0. The first-order chi connectivity index (χ1) is 70.5. The average molecular weight is 2040 g/mol. The molecule has 2 N–H and O–H groups in total. The molecule has 2 aliphatic carbocycles. The molecule has 0 amide bonds. The van der Waals surface area contributed by atoms with Crippen molar-refractivity contribution in [1.29, 1.82) is 0 Å². The lowest BCUT2D eigenvalue weighted by molar-refractivity contribution is -0.239. The van der Waals surface area contributed by atoms with Gasteiger partial charge < -0.3 is 113 Å². The van der Waals surface area contributed by atoms with Crippen molar-refractivity contribution in [2.45, 2.75) is 425 Å². The molecule has 0 bridgehead atoms. The van der Waals surface area contributed by atoms with Crippen LogP contribution in [0.2, 0.25) is 64.0 Å². The highest BCUT2D eigenvalue weighted by atomic mass is 16.8. The van der Waals surface area contributed by atoms with Gasteiger partial charge in [-0.2, -0.15) is 0 Å². The standard InChI is InChI=1S/C29H27BO2.C17H19BO2.C13H19BO2.C9H17BO2.C8H15BO2.C8H17BO2.C7H13BO4.2C7H15BO2.C5H11BO2.C3H9BO2/c1-23(2)30-31-28(24-15-7-3-8-16-24,25-17-9-4-10-18-25)29(32-30,26-19-11-5-12-20-26)27-21-13-6-14-22-27;1-13(2)18-19-16(14-9-5-3-6-10-14)17(20-18)15-11-7-4-8-12-15;1-10(2)14-15-11(3)13(4,16-14)12-8-6-5-7-9-12;1-7(2)10-11-8-5-3-4-6-9(8)12-10;1-6(2)9-10-7-4-3-5-8(7)11-9;1-6(2)9-10-7(3)8(4,5)11-9;1-5(2)8-11-6-7(12-8)10-4-3-9-6;1-5(2)8-9-6(3)7(4)10-8;1-4-7-5-9-8(10-7)6(2)3;1-5(2)6-7-3-4-8-6;1-3(2)4(5)6/h3-23H,1-2H3;3-13,16-17H,1-2H3;5-11H,1-4H3;7-9H,3-6H2,1-2H3;6-8H,3-5H2,1-2H3;6-7H,1-5H3;5-7H,3-4H2,1-2H3;5-7H,1-4H3;6-7H,4-5H2,1-3H3;5H,3-4H2,1-2H3;3,5-6H,1-2H3. The first-order valence-electron chi connectivity index (χ1n) is 55.6. The second-order valence-electron chi connectivity index (χ2n) is 45.2. The van der Waals surface area contributed by atoms with Crippen molar-refractivity contribution in [2.24, 2.45) is 0 Å². The molecule has 13 fully saturated rings. The fourth-order valence-electron chi connectivity index (χ4n) is 18.7. The van der Waals surface area contributed by atoms with E-state index in [2.05, 4.69) is 300 Å². The topological polar surface area (TPSA) is 244 Å². The molecule has 0 aromatic heterocycles. The number of hydrogen-bond acceptors (Lipinski definition) is 24. The Balaban J connectivity index is 0.000000172. The van der Waals surface area contributed by atoms with E-state index in [-0.39, 0.29) is 143 Å². The molecule has 148 heavy (non-hydrogen) atoms. The van der Waals surface area contributed by atoms with Crippen LogP contribution in [-0.4, -0.2) is 195 Å². The fourth-order valence-corrected chi connectivity index (χ4v) is 18.7. The van der Waals surface area contributed by atoms with Gasteiger partial charge >= 0.3 is 78.3 Å². The summed E-state index contributed by atoms with van der Waals surface area (Å²) in [6.45, 7) is 65.9. The van der Waals surface area contributed by atoms with E-state index in [1.165, 1.54) is 61.6 Å². The Hall–Kier alpha value is -5.71. The molecular weight excluding hydrogens is 1860 g/mol. The van der Waals surface area contributed by atoms with E-state index in [1.54, 1.807) is 13.8 Å². The predicted octanol–water partition coefficient (Wildman–Crippen LogP) is 25.5. The van der Waals surface area contributed by atoms with Crippen molar-refractivity contribution in [2.75, 3.05) is 33.0 Å². The minimum atomic E-state index is -1.15. The van der Waals surface area contributed by atoms with E-state index in [0.717, 1.165) is 48.5 Å². The van der Waals surface area contributed by atoms with Crippen LogP contribution in [0.1, 0.15) is 310 Å². The molecule has 11 aliphatic heterocycles. The highest BCUT2D eigenvalue weighted by Gasteiger charge is 2.66. The Morgan fingerprint density at radius 1 is 0.291 bits per heavy atom. The van der Waals surface area contributed by atoms with Crippen molar-refractivity contribution in [3.63, 3.8) is 0 Å². The van der Waals surface area contributed by atoms with Gasteiger partial charge in [0.2, 0.25) is 0 Å². The zero-order valence-corrected chi connectivity index (χ0v) is 95.0. The molecule has 24 nitrogen and oxygen atoms in total. The molecular formula is C113H177B11O24. The van der Waals surface area contributed by atoms with Crippen LogP contribution in [0.5, 0.6) is 0 Å². The summed E-state index contributed by atoms with van der Waals surface area (Å²) in [5, 5.41) is 16.4. The van der Waals surface area contributed by atoms with Crippen molar-refractivity contribution in [3.8, 4) is 0 Å². The van der Waals surface area contributed by atoms with Crippen LogP contribution in [-0.2, 0) is 119 Å². The molecule has 0 radical (unpaired) electrons. The summed E-state index contributed by atoms with van der Waals surface area (Å²) in [5.74, 6) is 4.09. The van der Waals surface area contributed by atoms with E-state index in [4.69, 9.17) is 113 Å². The van der Waals surface area contributed by atoms with Crippen LogP contribution in [0.25, 0.3) is 0 Å². The molecule has 7 aromatic rings. The molecule has 806 valence electrons. The molecule has 35 heteroatoms. The van der Waals surface area contributed by atoms with Crippen molar-refractivity contribution in [3.05, 3.63) is 251 Å². The number of hydrogen-bond donors (Lipinski definition) is 2. The van der Waals surface area contributed by atoms with Gasteiger partial charge in [-0.25, -0.2) is 0 Å². The van der Waals surface area contributed by atoms with Crippen LogP contribution in [0.15, 0.2) is 212 Å². The SMILES string of the molecule is CC(C)B(O)O.CC(C)B1OC(C)C(C)(C)O1.CC(C)B1OC(C)C(C)(c2ccccc2)O1.CC(C)B1OC(C)C(C)O1.CC(C)B1OC(c2ccccc2)(c2ccccc2)C(c2ccccc2)(c2ccccc2)O1.CC(C)B1OC(c2ccccc2)C(c2ccccc2)O1.CC(C)B1OC2CCCC2O1.CC(C)B1OC2CCCCC2O1.CC(C)B1OC2OCCOC2O1.CC(C)B1OCCO1.CCC1COB(C(C)C)O1. The molecule has 0 spiro atoms. The zero-order valence-electron chi connectivity index (χ0n) is 95.0. The molecule has 11 heterocycles. The minimum Gasteiger partial charge on any atom is -0.427 e. The highest BCUT2D eigenvalue weighted by Crippen LogP contribution is 2.60. The lowest BCUT2D eigenvalue weighted by Crippen LogP contribution is -2.48. The molecule has 20 rings (SSSR count). The van der Waals surface area contributed by atoms with Gasteiger partial charge in [0.1, 0.15) is 16.8 Å². The zero-order chi connectivity index (χ0) is 108. The van der Waals surface area contributed by atoms with E-state index < -0.39 is 18.3 Å². The fraction of sp³-hybridized carbons (Fsp3) is 0.628. The maximum Gasteiger partial charge on any atom is 0.463 e. The molecule has 13 aliphatic rings. The third kappa shape index (κ3) is 34.9. The Kier molecular flexibility index (Phi) is 50.8. The minimum absolute atomic E-state index is 0.0139. The Bertz CT molecular complexity index is 4450. The molecule has 2 saturated carbocycles. The van der Waals surface area contributed by atoms with Crippen molar-refractivity contribution < 1.29 is 113 Å². The maximum absolute atomic E-state index is 8.19. The Labute approximate surface area is 895 Å². The van der Waals surface area contributed by atoms with Crippen LogP contribution < -0.4 is 0 Å². The first kappa shape index (κ1) is 124. The largest absolute Gasteiger partial charge is 0.463 e. The molecule has 11 saturated heterocycles. The van der Waals surface area contributed by atoms with Gasteiger partial charge in [0.15, 0.2) is 12.6 Å². The monoisotopic (exact) mass is 2040 g/mol. The lowest BCUT2D eigenvalue weighted by atomic mass is 9.66. The van der Waals surface area contributed by atoms with Crippen molar-refractivity contribution in [1.82, 2.24) is 0 Å². The smallest absolute Gasteiger partial charge is 0.427 e. The van der Waals surface area contributed by atoms with Gasteiger partial charge in [-0.3, -0.25) is 0 Å². The summed E-state index contributed by atoms with van der Waals surface area (Å²) in [7, 11) is -1.70. The second kappa shape index (κ2) is 60.6. The van der Waals surface area contributed by atoms with Gasteiger partial charge in [-0.05, 0) is 190 Å². The molecule has 14 atom stereocenters. The number of rotatable bonds is 19. The number of fused-ring (bicyclic) bond motifs is 3. The van der Waals surface area contributed by atoms with Gasteiger partial charge in [0.25, 0.3) is 0 Å². The Morgan fingerprint density at radius 3 is 0.851 bits per heavy atom. The van der Waals surface area contributed by atoms with E-state index in [1.807, 2.05) is 107 Å². The third-order valence-corrected chi connectivity index (χ3v) is 28.4. The summed E-state index contributed by atoms with van der Waals surface area (Å²) < 4.78 is 127. The average Bonchev–Trinajstić information content (AvgIpc) is 1.52. The number of benzene rings is 7. The van der Waals surface area contributed by atoms with Crippen LogP contribution >= 0.6 is 0 Å². The Morgan fingerprint density at radius 2 is 0.581 bits per heavy atom. The molecule has 7 aromatic carbocycles. The predicted molar refractivity (Wildman–Crippen MR) is 603 cm³/mol. The van der Waals surface area contributed by atoms with E-state index in [9.17, 15) is 0 Å².